The summed E-state index contributed by atoms with van der Waals surface area (Å²) in [4.78, 5) is 16.9. The summed E-state index contributed by atoms with van der Waals surface area (Å²) in [6.07, 6.45) is 0.663. The molecule has 0 bridgehead atoms. The fourth-order valence-electron chi connectivity index (χ4n) is 4.73. The van der Waals surface area contributed by atoms with Crippen LogP contribution in [0.3, 0.4) is 0 Å². The van der Waals surface area contributed by atoms with Crippen LogP contribution in [0.5, 0.6) is 11.5 Å². The Kier molecular flexibility index (Phi) is 7.91. The van der Waals surface area contributed by atoms with Crippen molar-refractivity contribution in [2.75, 3.05) is 57.2 Å². The molecule has 1 N–H and O–H groups in total. The van der Waals surface area contributed by atoms with Gasteiger partial charge in [-0.1, -0.05) is 41.9 Å². The molecule has 196 valence electrons. The van der Waals surface area contributed by atoms with E-state index in [2.05, 4.69) is 37.4 Å². The van der Waals surface area contributed by atoms with Crippen LogP contribution in [-0.4, -0.2) is 67.9 Å². The molecule has 0 atom stereocenters. The summed E-state index contributed by atoms with van der Waals surface area (Å²) in [7, 11) is 3.27. The van der Waals surface area contributed by atoms with Crippen LogP contribution in [0.25, 0.3) is 10.8 Å². The van der Waals surface area contributed by atoms with E-state index in [1.165, 1.54) is 0 Å². The maximum atomic E-state index is 12.6. The first-order chi connectivity index (χ1) is 18.5. The highest BCUT2D eigenvalue weighted by Gasteiger charge is 2.24. The number of rotatable bonds is 8. The fraction of sp³-hybridized carbons (Fsp3) is 0.276. The summed E-state index contributed by atoms with van der Waals surface area (Å²) in [6, 6.07) is 21.3. The van der Waals surface area contributed by atoms with Crippen molar-refractivity contribution in [3.05, 3.63) is 83.0 Å². The van der Waals surface area contributed by atoms with E-state index in [1.54, 1.807) is 38.5 Å². The molecular formula is C29H30ClN5O3. The molecule has 8 nitrogen and oxygen atoms in total. The molecule has 1 aliphatic heterocycles. The molecule has 0 saturated carbocycles. The van der Waals surface area contributed by atoms with Gasteiger partial charge in [0.25, 0.3) is 0 Å². The van der Waals surface area contributed by atoms with Crippen LogP contribution in [0.1, 0.15) is 11.3 Å². The molecular weight excluding hydrogens is 502 g/mol. The Morgan fingerprint density at radius 3 is 2.21 bits per heavy atom. The normalized spacial score (nSPS) is 13.9. The second-order valence-corrected chi connectivity index (χ2v) is 9.64. The zero-order chi connectivity index (χ0) is 26.5. The monoisotopic (exact) mass is 531 g/mol. The van der Waals surface area contributed by atoms with E-state index in [9.17, 15) is 4.79 Å². The number of nitrogens with zero attached hydrogens (tertiary/aromatic N) is 4. The standard InChI is InChI=1S/C29H30ClN5O3/c1-37-26-17-23-24(18-27(26)38-2)29(33-32-25(23)16-20-6-4-3-5-7-20)35-14-12-34(13-15-35)19-28(36)31-22-10-8-21(30)9-11-22/h3-11,17-18H,12-16,19H2,1-2H3,(H,31,36). The first-order valence-electron chi connectivity index (χ1n) is 12.5. The minimum Gasteiger partial charge on any atom is -0.493 e. The Morgan fingerprint density at radius 1 is 0.895 bits per heavy atom. The Hall–Kier alpha value is -3.88. The summed E-state index contributed by atoms with van der Waals surface area (Å²) in [5.41, 5.74) is 2.78. The Morgan fingerprint density at radius 2 is 1.55 bits per heavy atom. The number of carbonyl (C=O) groups is 1. The number of amides is 1. The summed E-state index contributed by atoms with van der Waals surface area (Å²) in [6.45, 7) is 3.24. The molecule has 1 fully saturated rings. The number of carbonyl (C=O) groups excluding carboxylic acids is 1. The van der Waals surface area contributed by atoms with E-state index in [1.807, 2.05) is 30.3 Å². The van der Waals surface area contributed by atoms with Gasteiger partial charge in [-0.05, 0) is 42.0 Å². The Bertz CT molecular complexity index is 1410. The SMILES string of the molecule is COc1cc2c(Cc3ccccc3)nnc(N3CCN(CC(=O)Nc4ccc(Cl)cc4)CC3)c2cc1OC. The van der Waals surface area contributed by atoms with Crippen LogP contribution in [0.2, 0.25) is 5.02 Å². The number of aromatic nitrogens is 2. The lowest BCUT2D eigenvalue weighted by atomic mass is 10.0. The zero-order valence-corrected chi connectivity index (χ0v) is 22.2. The lowest BCUT2D eigenvalue weighted by Gasteiger charge is -2.35. The lowest BCUT2D eigenvalue weighted by Crippen LogP contribution is -2.49. The summed E-state index contributed by atoms with van der Waals surface area (Å²) >= 11 is 5.93. The van der Waals surface area contributed by atoms with Gasteiger partial charge in [-0.15, -0.1) is 5.10 Å². The number of hydrogen-bond donors (Lipinski definition) is 1. The second-order valence-electron chi connectivity index (χ2n) is 9.20. The largest absolute Gasteiger partial charge is 0.493 e. The van der Waals surface area contributed by atoms with E-state index < -0.39 is 0 Å². The van der Waals surface area contributed by atoms with Crippen molar-refractivity contribution in [3.63, 3.8) is 0 Å². The number of benzene rings is 3. The molecule has 5 rings (SSSR count). The smallest absolute Gasteiger partial charge is 0.238 e. The van der Waals surface area contributed by atoms with E-state index in [-0.39, 0.29) is 5.91 Å². The van der Waals surface area contributed by atoms with Gasteiger partial charge in [0.2, 0.25) is 5.91 Å². The van der Waals surface area contributed by atoms with E-state index >= 15 is 0 Å². The number of halogens is 1. The maximum absolute atomic E-state index is 12.6. The first-order valence-corrected chi connectivity index (χ1v) is 12.9. The topological polar surface area (TPSA) is 79.8 Å². The van der Waals surface area contributed by atoms with Gasteiger partial charge in [-0.3, -0.25) is 9.69 Å². The molecule has 0 unspecified atom stereocenters. The van der Waals surface area contributed by atoms with Crippen molar-refractivity contribution in [2.45, 2.75) is 6.42 Å². The van der Waals surface area contributed by atoms with Crippen molar-refractivity contribution < 1.29 is 14.3 Å². The third kappa shape index (κ3) is 5.82. The first kappa shape index (κ1) is 25.8. The van der Waals surface area contributed by atoms with Crippen molar-refractivity contribution in [1.82, 2.24) is 15.1 Å². The van der Waals surface area contributed by atoms with Crippen LogP contribution < -0.4 is 19.7 Å². The predicted molar refractivity (Wildman–Crippen MR) is 151 cm³/mol. The Labute approximate surface area is 227 Å². The van der Waals surface area contributed by atoms with E-state index in [0.29, 0.717) is 29.5 Å². The van der Waals surface area contributed by atoms with Gasteiger partial charge in [0, 0.05) is 54.1 Å². The summed E-state index contributed by atoms with van der Waals surface area (Å²) in [5, 5.41) is 14.9. The molecule has 9 heteroatoms. The average molecular weight is 532 g/mol. The van der Waals surface area contributed by atoms with Crippen molar-refractivity contribution in [1.29, 1.82) is 0 Å². The van der Waals surface area contributed by atoms with Gasteiger partial charge in [0.15, 0.2) is 17.3 Å². The van der Waals surface area contributed by atoms with E-state index in [4.69, 9.17) is 21.1 Å². The van der Waals surface area contributed by atoms with Gasteiger partial charge in [0.1, 0.15) is 0 Å². The highest BCUT2D eigenvalue weighted by Crippen LogP contribution is 2.37. The van der Waals surface area contributed by atoms with Gasteiger partial charge >= 0.3 is 0 Å². The molecule has 0 radical (unpaired) electrons. The number of anilines is 2. The van der Waals surface area contributed by atoms with Crippen molar-refractivity contribution in [2.24, 2.45) is 0 Å². The number of fused-ring (bicyclic) bond motifs is 1. The maximum Gasteiger partial charge on any atom is 0.238 e. The molecule has 2 heterocycles. The lowest BCUT2D eigenvalue weighted by molar-refractivity contribution is -0.117. The highest BCUT2D eigenvalue weighted by atomic mass is 35.5. The van der Waals surface area contributed by atoms with E-state index in [0.717, 1.165) is 59.7 Å². The van der Waals surface area contributed by atoms with Crippen molar-refractivity contribution in [3.8, 4) is 11.5 Å². The summed E-state index contributed by atoms with van der Waals surface area (Å²) in [5.74, 6) is 2.07. The minimum absolute atomic E-state index is 0.0480. The molecule has 1 saturated heterocycles. The highest BCUT2D eigenvalue weighted by molar-refractivity contribution is 6.30. The molecule has 38 heavy (non-hydrogen) atoms. The van der Waals surface area contributed by atoms with Crippen LogP contribution in [0, 0.1) is 0 Å². The zero-order valence-electron chi connectivity index (χ0n) is 21.5. The molecule has 1 amide bonds. The minimum atomic E-state index is -0.0480. The molecule has 3 aromatic carbocycles. The van der Waals surface area contributed by atoms with Gasteiger partial charge in [-0.2, -0.15) is 5.10 Å². The quantitative estimate of drug-likeness (QED) is 0.354. The van der Waals surface area contributed by atoms with Gasteiger partial charge in [-0.25, -0.2) is 0 Å². The van der Waals surface area contributed by atoms with Crippen molar-refractivity contribution >= 4 is 39.8 Å². The predicted octanol–water partition coefficient (Wildman–Crippen LogP) is 4.65. The fourth-order valence-corrected chi connectivity index (χ4v) is 4.85. The van der Waals surface area contributed by atoms with Gasteiger partial charge in [0.05, 0.1) is 26.5 Å². The number of hydrogen-bond acceptors (Lipinski definition) is 7. The number of piperazine rings is 1. The van der Waals surface area contributed by atoms with Crippen LogP contribution in [0.4, 0.5) is 11.5 Å². The third-order valence-corrected chi connectivity index (χ3v) is 6.97. The molecule has 1 aromatic heterocycles. The number of methoxy groups -OCH3 is 2. The van der Waals surface area contributed by atoms with Gasteiger partial charge < -0.3 is 19.7 Å². The Balaban J connectivity index is 1.34. The average Bonchev–Trinajstić information content (AvgIpc) is 2.95. The number of ether oxygens (including phenoxy) is 2. The van der Waals surface area contributed by atoms with Crippen LogP contribution in [0.15, 0.2) is 66.7 Å². The second kappa shape index (κ2) is 11.7. The molecule has 4 aromatic rings. The molecule has 1 aliphatic rings. The van der Waals surface area contributed by atoms with Crippen LogP contribution in [-0.2, 0) is 11.2 Å². The third-order valence-electron chi connectivity index (χ3n) is 6.72. The van der Waals surface area contributed by atoms with Crippen LogP contribution >= 0.6 is 11.6 Å². The molecule has 0 spiro atoms. The summed E-state index contributed by atoms with van der Waals surface area (Å²) < 4.78 is 11.2. The number of nitrogens with one attached hydrogen (secondary N) is 1. The molecule has 0 aliphatic carbocycles.